The Morgan fingerprint density at radius 2 is 2.19 bits per heavy atom. The van der Waals surface area contributed by atoms with Gasteiger partial charge in [-0.1, -0.05) is 47.4 Å². The molecule has 1 unspecified atom stereocenters. The summed E-state index contributed by atoms with van der Waals surface area (Å²) < 4.78 is 0.955. The van der Waals surface area contributed by atoms with Crippen molar-refractivity contribution in [2.45, 2.75) is 29.5 Å². The Labute approximate surface area is 131 Å². The standard InChI is InChI=1S/C14H17N3O2S2/c1-9-16-17-14(21-9)20-8-11-5-3-4-10(6-11)7-12(15-2)13(18)19/h3-6,12,15H,7-8H2,1-2H3,(H,18,19). The van der Waals surface area contributed by atoms with Crippen molar-refractivity contribution in [1.29, 1.82) is 0 Å². The predicted molar refractivity (Wildman–Crippen MR) is 84.8 cm³/mol. The summed E-state index contributed by atoms with van der Waals surface area (Å²) in [6.07, 6.45) is 0.474. The molecule has 0 amide bonds. The first-order valence-corrected chi connectivity index (χ1v) is 8.29. The van der Waals surface area contributed by atoms with Crippen LogP contribution in [0.15, 0.2) is 28.6 Å². The van der Waals surface area contributed by atoms with Gasteiger partial charge in [-0.05, 0) is 31.5 Å². The van der Waals surface area contributed by atoms with Crippen molar-refractivity contribution in [2.24, 2.45) is 0 Å². The van der Waals surface area contributed by atoms with Gasteiger partial charge in [-0.2, -0.15) is 0 Å². The summed E-state index contributed by atoms with van der Waals surface area (Å²) in [5, 5.41) is 20.9. The number of hydrogen-bond acceptors (Lipinski definition) is 6. The number of aliphatic carboxylic acids is 1. The second-order valence-corrected chi connectivity index (χ2v) is 6.98. The number of nitrogens with one attached hydrogen (secondary N) is 1. The van der Waals surface area contributed by atoms with Crippen LogP contribution in [-0.2, 0) is 17.0 Å². The van der Waals surface area contributed by atoms with Crippen molar-refractivity contribution in [3.05, 3.63) is 40.4 Å². The monoisotopic (exact) mass is 323 g/mol. The summed E-state index contributed by atoms with van der Waals surface area (Å²) in [5.74, 6) is -0.0265. The smallest absolute Gasteiger partial charge is 0.321 e. The number of aryl methyl sites for hydroxylation is 1. The first kappa shape index (κ1) is 15.9. The van der Waals surface area contributed by atoms with Gasteiger partial charge in [0.1, 0.15) is 11.0 Å². The molecular formula is C14H17N3O2S2. The third kappa shape index (κ3) is 4.80. The number of hydrogen-bond donors (Lipinski definition) is 2. The maximum absolute atomic E-state index is 11.1. The lowest BCUT2D eigenvalue weighted by Gasteiger charge is -2.11. The van der Waals surface area contributed by atoms with Gasteiger partial charge >= 0.3 is 5.97 Å². The number of nitrogens with zero attached hydrogens (tertiary/aromatic N) is 2. The molecular weight excluding hydrogens is 306 g/mol. The van der Waals surface area contributed by atoms with Crippen molar-refractivity contribution >= 4 is 29.1 Å². The molecule has 0 fully saturated rings. The Balaban J connectivity index is 1.98. The zero-order valence-electron chi connectivity index (χ0n) is 11.9. The van der Waals surface area contributed by atoms with Crippen LogP contribution in [0.5, 0.6) is 0 Å². The first-order valence-electron chi connectivity index (χ1n) is 6.49. The van der Waals surface area contributed by atoms with Crippen LogP contribution in [0, 0.1) is 6.92 Å². The number of thioether (sulfide) groups is 1. The van der Waals surface area contributed by atoms with Gasteiger partial charge < -0.3 is 10.4 Å². The molecule has 0 aliphatic rings. The zero-order chi connectivity index (χ0) is 15.2. The van der Waals surface area contributed by atoms with Gasteiger partial charge in [0.2, 0.25) is 0 Å². The summed E-state index contributed by atoms with van der Waals surface area (Å²) in [4.78, 5) is 11.1. The molecule has 2 N–H and O–H groups in total. The molecule has 0 aliphatic heterocycles. The van der Waals surface area contributed by atoms with E-state index in [2.05, 4.69) is 15.5 Å². The number of benzene rings is 1. The molecule has 21 heavy (non-hydrogen) atoms. The van der Waals surface area contributed by atoms with Gasteiger partial charge in [-0.25, -0.2) is 0 Å². The lowest BCUT2D eigenvalue weighted by atomic mass is 10.0. The third-order valence-electron chi connectivity index (χ3n) is 2.95. The van der Waals surface area contributed by atoms with Crippen molar-refractivity contribution in [2.75, 3.05) is 7.05 Å². The molecule has 7 heteroatoms. The summed E-state index contributed by atoms with van der Waals surface area (Å²) in [7, 11) is 1.66. The van der Waals surface area contributed by atoms with Crippen LogP contribution >= 0.6 is 23.1 Å². The molecule has 1 aromatic carbocycles. The van der Waals surface area contributed by atoms with E-state index < -0.39 is 12.0 Å². The second-order valence-electron chi connectivity index (χ2n) is 4.58. The Morgan fingerprint density at radius 1 is 1.43 bits per heavy atom. The third-order valence-corrected chi connectivity index (χ3v) is 4.99. The van der Waals surface area contributed by atoms with Crippen LogP contribution in [-0.4, -0.2) is 34.4 Å². The fourth-order valence-electron chi connectivity index (χ4n) is 1.88. The first-order chi connectivity index (χ1) is 10.1. The summed E-state index contributed by atoms with van der Waals surface area (Å²) >= 11 is 3.23. The van der Waals surface area contributed by atoms with Gasteiger partial charge in [0, 0.05) is 5.75 Å². The van der Waals surface area contributed by atoms with Crippen LogP contribution in [0.4, 0.5) is 0 Å². The minimum absolute atomic E-state index is 0.474. The Kier molecular flexibility index (Phi) is 5.72. The zero-order valence-corrected chi connectivity index (χ0v) is 13.5. The van der Waals surface area contributed by atoms with Crippen LogP contribution < -0.4 is 5.32 Å². The van der Waals surface area contributed by atoms with E-state index in [-0.39, 0.29) is 0 Å². The fraction of sp³-hybridized carbons (Fsp3) is 0.357. The van der Waals surface area contributed by atoms with Gasteiger partial charge in [0.05, 0.1) is 0 Å². The van der Waals surface area contributed by atoms with Gasteiger partial charge in [-0.3, -0.25) is 4.79 Å². The summed E-state index contributed by atoms with van der Waals surface area (Å²) in [6, 6.07) is 7.45. The molecule has 0 radical (unpaired) electrons. The molecule has 5 nitrogen and oxygen atoms in total. The molecule has 0 aliphatic carbocycles. The normalized spacial score (nSPS) is 12.3. The average molecular weight is 323 g/mol. The van der Waals surface area contributed by atoms with Crippen LogP contribution in [0.3, 0.4) is 0 Å². The number of carbonyl (C=O) groups is 1. The lowest BCUT2D eigenvalue weighted by molar-refractivity contribution is -0.139. The van der Waals surface area contributed by atoms with Crippen LogP contribution in [0.25, 0.3) is 0 Å². The van der Waals surface area contributed by atoms with Gasteiger partial charge in [0.15, 0.2) is 4.34 Å². The molecule has 2 aromatic rings. The van der Waals surface area contributed by atoms with E-state index in [1.807, 2.05) is 31.2 Å². The van der Waals surface area contributed by atoms with E-state index in [0.29, 0.717) is 6.42 Å². The predicted octanol–water partition coefficient (Wildman–Crippen LogP) is 2.35. The van der Waals surface area contributed by atoms with Crippen molar-refractivity contribution in [3.63, 3.8) is 0 Å². The van der Waals surface area contributed by atoms with E-state index >= 15 is 0 Å². The minimum Gasteiger partial charge on any atom is -0.480 e. The average Bonchev–Trinajstić information content (AvgIpc) is 2.88. The van der Waals surface area contributed by atoms with Crippen molar-refractivity contribution < 1.29 is 9.90 Å². The molecule has 1 heterocycles. The molecule has 112 valence electrons. The van der Waals surface area contributed by atoms with Gasteiger partial charge in [0.25, 0.3) is 0 Å². The molecule has 0 saturated carbocycles. The number of likely N-dealkylation sites (N-methyl/N-ethyl adjacent to an activating group) is 1. The molecule has 0 saturated heterocycles. The molecule has 0 spiro atoms. The second kappa shape index (κ2) is 7.53. The molecule has 2 rings (SSSR count). The number of aromatic nitrogens is 2. The Hall–Kier alpha value is -1.44. The van der Waals surface area contributed by atoms with E-state index in [0.717, 1.165) is 26.2 Å². The number of carboxylic acid groups (broad SMARTS) is 1. The topological polar surface area (TPSA) is 75.1 Å². The van der Waals surface area contributed by atoms with Gasteiger partial charge in [-0.15, -0.1) is 10.2 Å². The largest absolute Gasteiger partial charge is 0.480 e. The highest BCUT2D eigenvalue weighted by atomic mass is 32.2. The Morgan fingerprint density at radius 3 is 2.81 bits per heavy atom. The SMILES string of the molecule is CNC(Cc1cccc(CSc2nnc(C)s2)c1)C(=O)O. The lowest BCUT2D eigenvalue weighted by Crippen LogP contribution is -2.35. The highest BCUT2D eigenvalue weighted by Gasteiger charge is 2.15. The molecule has 1 aromatic heterocycles. The van der Waals surface area contributed by atoms with Crippen molar-refractivity contribution in [3.8, 4) is 0 Å². The highest BCUT2D eigenvalue weighted by molar-refractivity contribution is 8.00. The van der Waals surface area contributed by atoms with E-state index in [4.69, 9.17) is 5.11 Å². The molecule has 1 atom stereocenters. The van der Waals surface area contributed by atoms with E-state index in [1.165, 1.54) is 0 Å². The van der Waals surface area contributed by atoms with E-state index in [1.54, 1.807) is 30.1 Å². The van der Waals surface area contributed by atoms with E-state index in [9.17, 15) is 4.79 Å². The van der Waals surface area contributed by atoms with Crippen molar-refractivity contribution in [1.82, 2.24) is 15.5 Å². The summed E-state index contributed by atoms with van der Waals surface area (Å²) in [5.41, 5.74) is 2.17. The number of rotatable bonds is 7. The fourth-order valence-corrected chi connectivity index (χ4v) is 3.64. The van der Waals surface area contributed by atoms with Crippen LogP contribution in [0.2, 0.25) is 0 Å². The van der Waals surface area contributed by atoms with Crippen LogP contribution in [0.1, 0.15) is 16.1 Å². The molecule has 0 bridgehead atoms. The quantitative estimate of drug-likeness (QED) is 0.762. The highest BCUT2D eigenvalue weighted by Crippen LogP contribution is 2.25. The minimum atomic E-state index is -0.832. The maximum atomic E-state index is 11.1. The Bertz CT molecular complexity index is 616. The summed E-state index contributed by atoms with van der Waals surface area (Å²) in [6.45, 7) is 1.94. The number of carboxylic acids is 1. The maximum Gasteiger partial charge on any atom is 0.321 e.